The third-order valence-electron chi connectivity index (χ3n) is 2.03. The highest BCUT2D eigenvalue weighted by Gasteiger charge is 1.99. The van der Waals surface area contributed by atoms with E-state index in [1.54, 1.807) is 19.2 Å². The van der Waals surface area contributed by atoms with Crippen LogP contribution in [0.25, 0.3) is 0 Å². The molecule has 3 nitrogen and oxygen atoms in total. The summed E-state index contributed by atoms with van der Waals surface area (Å²) >= 11 is 11.9. The van der Waals surface area contributed by atoms with Crippen molar-refractivity contribution >= 4 is 28.9 Å². The van der Waals surface area contributed by atoms with E-state index in [2.05, 4.69) is 10.6 Å². The van der Waals surface area contributed by atoms with Gasteiger partial charge >= 0.3 is 0 Å². The average molecular weight is 263 g/mol. The van der Waals surface area contributed by atoms with Crippen molar-refractivity contribution < 1.29 is 4.74 Å². The highest BCUT2D eigenvalue weighted by Crippen LogP contribution is 2.24. The lowest BCUT2D eigenvalue weighted by atomic mass is 10.3. The molecule has 0 fully saturated rings. The summed E-state index contributed by atoms with van der Waals surface area (Å²) in [6, 6.07) is 5.37. The predicted molar refractivity (Wildman–Crippen MR) is 69.7 cm³/mol. The molecule has 1 aromatic rings. The van der Waals surface area contributed by atoms with Gasteiger partial charge in [0.1, 0.15) is 0 Å². The molecule has 0 amide bonds. The van der Waals surface area contributed by atoms with E-state index in [1.807, 2.05) is 6.07 Å². The number of methoxy groups -OCH3 is 1. The molecule has 0 aromatic heterocycles. The normalized spacial score (nSPS) is 10.4. The molecule has 0 aliphatic carbocycles. The minimum absolute atomic E-state index is 0.680. The number of ether oxygens (including phenoxy) is 1. The summed E-state index contributed by atoms with van der Waals surface area (Å²) in [6.45, 7) is 3.22. The zero-order chi connectivity index (χ0) is 11.8. The number of benzene rings is 1. The van der Waals surface area contributed by atoms with Crippen LogP contribution >= 0.6 is 23.2 Å². The lowest BCUT2D eigenvalue weighted by Crippen LogP contribution is -2.25. The molecule has 0 aliphatic rings. The molecule has 1 aromatic carbocycles. The highest BCUT2D eigenvalue weighted by atomic mass is 35.5. The first-order chi connectivity index (χ1) is 7.74. The first-order valence-electron chi connectivity index (χ1n) is 5.12. The van der Waals surface area contributed by atoms with Gasteiger partial charge in [-0.05, 0) is 18.2 Å². The molecule has 2 N–H and O–H groups in total. The second-order valence-electron chi connectivity index (χ2n) is 3.29. The predicted octanol–water partition coefficient (Wildman–Crippen LogP) is 2.64. The Kier molecular flexibility index (Phi) is 6.57. The molecule has 5 heteroatoms. The summed E-state index contributed by atoms with van der Waals surface area (Å²) in [6.07, 6.45) is 0. The second-order valence-corrected chi connectivity index (χ2v) is 4.14. The van der Waals surface area contributed by atoms with Crippen molar-refractivity contribution in [1.82, 2.24) is 5.32 Å². The zero-order valence-electron chi connectivity index (χ0n) is 9.22. The Morgan fingerprint density at radius 1 is 1.19 bits per heavy atom. The van der Waals surface area contributed by atoms with Crippen molar-refractivity contribution in [2.75, 3.05) is 38.7 Å². The number of halogens is 2. The van der Waals surface area contributed by atoms with Gasteiger partial charge in [-0.25, -0.2) is 0 Å². The molecule has 0 radical (unpaired) electrons. The largest absolute Gasteiger partial charge is 0.383 e. The molecule has 0 atom stereocenters. The monoisotopic (exact) mass is 262 g/mol. The van der Waals surface area contributed by atoms with Crippen molar-refractivity contribution in [2.24, 2.45) is 0 Å². The summed E-state index contributed by atoms with van der Waals surface area (Å²) in [4.78, 5) is 0. The Morgan fingerprint density at radius 3 is 2.75 bits per heavy atom. The van der Waals surface area contributed by atoms with Crippen molar-refractivity contribution in [2.45, 2.75) is 0 Å². The SMILES string of the molecule is COCCNCCNc1cc(Cl)ccc1Cl. The van der Waals surface area contributed by atoms with Gasteiger partial charge in [0.2, 0.25) is 0 Å². The Bertz CT molecular complexity index is 321. The Hall–Kier alpha value is -0.480. The van der Waals surface area contributed by atoms with E-state index < -0.39 is 0 Å². The molecule has 0 unspecified atom stereocenters. The maximum Gasteiger partial charge on any atom is 0.0638 e. The smallest absolute Gasteiger partial charge is 0.0638 e. The lowest BCUT2D eigenvalue weighted by Gasteiger charge is -2.09. The van der Waals surface area contributed by atoms with Crippen LogP contribution in [-0.2, 0) is 4.74 Å². The average Bonchev–Trinajstić information content (AvgIpc) is 2.28. The van der Waals surface area contributed by atoms with Crippen molar-refractivity contribution in [3.63, 3.8) is 0 Å². The van der Waals surface area contributed by atoms with Crippen molar-refractivity contribution in [3.8, 4) is 0 Å². The Balaban J connectivity index is 2.23. The number of hydrogen-bond donors (Lipinski definition) is 2. The minimum atomic E-state index is 0.680. The standard InChI is InChI=1S/C11H16Cl2N2O/c1-16-7-6-14-4-5-15-11-8-9(12)2-3-10(11)13/h2-3,8,14-15H,4-7H2,1H3. The number of anilines is 1. The lowest BCUT2D eigenvalue weighted by molar-refractivity contribution is 0.200. The van der Waals surface area contributed by atoms with Gasteiger partial charge in [0.15, 0.2) is 0 Å². The number of rotatable bonds is 7. The fourth-order valence-corrected chi connectivity index (χ4v) is 1.57. The first kappa shape index (κ1) is 13.6. The molecule has 1 rings (SSSR count). The van der Waals surface area contributed by atoms with Gasteiger partial charge in [0.25, 0.3) is 0 Å². The van der Waals surface area contributed by atoms with E-state index in [-0.39, 0.29) is 0 Å². The van der Waals surface area contributed by atoms with E-state index in [0.717, 1.165) is 31.9 Å². The summed E-state index contributed by atoms with van der Waals surface area (Å²) in [5.41, 5.74) is 0.864. The van der Waals surface area contributed by atoms with Crippen LogP contribution in [0, 0.1) is 0 Å². The summed E-state index contributed by atoms with van der Waals surface area (Å²) in [7, 11) is 1.69. The summed E-state index contributed by atoms with van der Waals surface area (Å²) in [5, 5.41) is 7.80. The van der Waals surface area contributed by atoms with Crippen molar-refractivity contribution in [1.29, 1.82) is 0 Å². The fourth-order valence-electron chi connectivity index (χ4n) is 1.22. The minimum Gasteiger partial charge on any atom is -0.383 e. The van der Waals surface area contributed by atoms with Gasteiger partial charge in [-0.3, -0.25) is 0 Å². The Morgan fingerprint density at radius 2 is 2.00 bits per heavy atom. The topological polar surface area (TPSA) is 33.3 Å². The second kappa shape index (κ2) is 7.74. The van der Waals surface area contributed by atoms with Gasteiger partial charge < -0.3 is 15.4 Å². The number of hydrogen-bond acceptors (Lipinski definition) is 3. The quantitative estimate of drug-likeness (QED) is 0.742. The maximum absolute atomic E-state index is 6.00. The van der Waals surface area contributed by atoms with E-state index in [4.69, 9.17) is 27.9 Å². The van der Waals surface area contributed by atoms with Crippen LogP contribution in [0.3, 0.4) is 0 Å². The molecule has 0 saturated heterocycles. The van der Waals surface area contributed by atoms with E-state index in [9.17, 15) is 0 Å². The van der Waals surface area contributed by atoms with Crippen LogP contribution in [-0.4, -0.2) is 33.4 Å². The zero-order valence-corrected chi connectivity index (χ0v) is 10.7. The highest BCUT2D eigenvalue weighted by molar-refractivity contribution is 6.35. The van der Waals surface area contributed by atoms with E-state index in [0.29, 0.717) is 10.0 Å². The number of nitrogens with one attached hydrogen (secondary N) is 2. The third kappa shape index (κ3) is 5.03. The van der Waals surface area contributed by atoms with Crippen LogP contribution in [0.1, 0.15) is 0 Å². The third-order valence-corrected chi connectivity index (χ3v) is 2.59. The molecular weight excluding hydrogens is 247 g/mol. The maximum atomic E-state index is 6.00. The molecule has 0 bridgehead atoms. The molecule has 0 saturated carbocycles. The van der Waals surface area contributed by atoms with Crippen LogP contribution in [0.5, 0.6) is 0 Å². The van der Waals surface area contributed by atoms with Gasteiger partial charge in [-0.15, -0.1) is 0 Å². The van der Waals surface area contributed by atoms with Crippen LogP contribution in [0.15, 0.2) is 18.2 Å². The van der Waals surface area contributed by atoms with Crippen LogP contribution in [0.4, 0.5) is 5.69 Å². The molecule has 0 aliphatic heterocycles. The molecule has 0 heterocycles. The summed E-state index contributed by atoms with van der Waals surface area (Å²) < 4.78 is 4.92. The molecule has 0 spiro atoms. The summed E-state index contributed by atoms with van der Waals surface area (Å²) in [5.74, 6) is 0. The molecule has 90 valence electrons. The van der Waals surface area contributed by atoms with Crippen molar-refractivity contribution in [3.05, 3.63) is 28.2 Å². The van der Waals surface area contributed by atoms with E-state index in [1.165, 1.54) is 0 Å². The first-order valence-corrected chi connectivity index (χ1v) is 5.88. The van der Waals surface area contributed by atoms with Gasteiger partial charge in [0.05, 0.1) is 17.3 Å². The van der Waals surface area contributed by atoms with Crippen LogP contribution < -0.4 is 10.6 Å². The molecular formula is C11H16Cl2N2O. The fraction of sp³-hybridized carbons (Fsp3) is 0.455. The van der Waals surface area contributed by atoms with E-state index >= 15 is 0 Å². The van der Waals surface area contributed by atoms with Gasteiger partial charge in [-0.1, -0.05) is 23.2 Å². The molecule has 16 heavy (non-hydrogen) atoms. The van der Waals surface area contributed by atoms with Crippen LogP contribution in [0.2, 0.25) is 10.0 Å². The van der Waals surface area contributed by atoms with Gasteiger partial charge in [-0.2, -0.15) is 0 Å². The Labute approximate surface area is 106 Å². The van der Waals surface area contributed by atoms with Gasteiger partial charge in [0, 0.05) is 31.8 Å².